The molecule has 126 valence electrons. The van der Waals surface area contributed by atoms with Crippen LogP contribution in [0.25, 0.3) is 5.57 Å². The Morgan fingerprint density at radius 1 is 1.00 bits per heavy atom. The largest absolute Gasteiger partial charge is 0.352 e. The van der Waals surface area contributed by atoms with E-state index in [0.29, 0.717) is 25.9 Å². The molecule has 1 aromatic carbocycles. The maximum atomic E-state index is 11.8. The Bertz CT molecular complexity index is 632. The summed E-state index contributed by atoms with van der Waals surface area (Å²) in [6, 6.07) is 9.74. The Morgan fingerprint density at radius 2 is 1.67 bits per heavy atom. The highest BCUT2D eigenvalue weighted by molar-refractivity contribution is 6.12. The summed E-state index contributed by atoms with van der Waals surface area (Å²) < 4.78 is 0. The third-order valence-corrected chi connectivity index (χ3v) is 3.87. The Kier molecular flexibility index (Phi) is 6.49. The molecule has 2 rings (SSSR count). The summed E-state index contributed by atoms with van der Waals surface area (Å²) in [5.74, 6) is -0.517. The van der Waals surface area contributed by atoms with Crippen molar-refractivity contribution in [3.63, 3.8) is 0 Å². The van der Waals surface area contributed by atoms with Gasteiger partial charge in [-0.1, -0.05) is 43.3 Å². The molecule has 24 heavy (non-hydrogen) atoms. The van der Waals surface area contributed by atoms with Gasteiger partial charge in [0, 0.05) is 31.7 Å². The first-order chi connectivity index (χ1) is 11.6. The zero-order valence-corrected chi connectivity index (χ0v) is 13.7. The molecule has 1 aliphatic rings. The molecule has 1 aromatic rings. The van der Waals surface area contributed by atoms with Crippen molar-refractivity contribution in [1.82, 2.24) is 10.2 Å². The third kappa shape index (κ3) is 5.19. The van der Waals surface area contributed by atoms with Crippen molar-refractivity contribution >= 4 is 23.3 Å². The zero-order valence-electron chi connectivity index (χ0n) is 13.7. The molecule has 0 atom stereocenters. The number of nitrogens with one attached hydrogen (secondary N) is 1. The number of carbonyl (C=O) groups is 3. The molecule has 0 radical (unpaired) electrons. The van der Waals surface area contributed by atoms with Gasteiger partial charge in [-0.25, -0.2) is 0 Å². The van der Waals surface area contributed by atoms with E-state index in [1.165, 1.54) is 17.1 Å². The van der Waals surface area contributed by atoms with Crippen LogP contribution in [-0.4, -0.2) is 35.7 Å². The lowest BCUT2D eigenvalue weighted by atomic mass is 10.1. The number of benzene rings is 1. The van der Waals surface area contributed by atoms with Crippen LogP contribution in [0.15, 0.2) is 49.1 Å². The van der Waals surface area contributed by atoms with Crippen LogP contribution in [0, 0.1) is 0 Å². The average Bonchev–Trinajstić information content (AvgIpc) is 2.92. The van der Waals surface area contributed by atoms with Crippen molar-refractivity contribution in [2.75, 3.05) is 13.1 Å². The van der Waals surface area contributed by atoms with Gasteiger partial charge in [-0.05, 0) is 24.0 Å². The first-order valence-electron chi connectivity index (χ1n) is 8.11. The van der Waals surface area contributed by atoms with E-state index in [9.17, 15) is 14.4 Å². The number of nitrogens with zero attached hydrogens (tertiary/aromatic N) is 1. The van der Waals surface area contributed by atoms with Gasteiger partial charge >= 0.3 is 0 Å². The van der Waals surface area contributed by atoms with Gasteiger partial charge in [-0.3, -0.25) is 19.3 Å². The normalized spacial score (nSPS) is 13.4. The quantitative estimate of drug-likeness (QED) is 0.559. The first kappa shape index (κ1) is 17.7. The van der Waals surface area contributed by atoms with Crippen molar-refractivity contribution in [3.8, 4) is 0 Å². The number of hydrogen-bond acceptors (Lipinski definition) is 3. The molecule has 0 unspecified atom stereocenters. The molecular formula is C19H22N2O3. The number of hydrogen-bond donors (Lipinski definition) is 1. The van der Waals surface area contributed by atoms with Crippen LogP contribution in [0.3, 0.4) is 0 Å². The summed E-state index contributed by atoms with van der Waals surface area (Å²) in [5, 5.41) is 2.86. The Balaban J connectivity index is 1.56. The molecule has 5 nitrogen and oxygen atoms in total. The molecule has 0 aromatic heterocycles. The molecule has 0 bridgehead atoms. The van der Waals surface area contributed by atoms with E-state index in [1.807, 2.05) is 30.3 Å². The van der Waals surface area contributed by atoms with Gasteiger partial charge in [0.05, 0.1) is 0 Å². The summed E-state index contributed by atoms with van der Waals surface area (Å²) >= 11 is 0. The summed E-state index contributed by atoms with van der Waals surface area (Å²) in [6.45, 7) is 4.82. The van der Waals surface area contributed by atoms with E-state index >= 15 is 0 Å². The predicted molar refractivity (Wildman–Crippen MR) is 92.8 cm³/mol. The van der Waals surface area contributed by atoms with Crippen molar-refractivity contribution in [2.45, 2.75) is 25.7 Å². The second-order valence-electron chi connectivity index (χ2n) is 5.72. The highest BCUT2D eigenvalue weighted by Gasteiger charge is 2.22. The van der Waals surface area contributed by atoms with E-state index in [4.69, 9.17) is 0 Å². The number of carbonyl (C=O) groups excluding carboxylic acids is 3. The summed E-state index contributed by atoms with van der Waals surface area (Å²) in [6.07, 6.45) is 5.24. The SMILES string of the molecule is C=C(CNC(=O)CCCCCN1C(=O)C=CC1=O)c1ccccc1. The lowest BCUT2D eigenvalue weighted by molar-refractivity contribution is -0.136. The summed E-state index contributed by atoms with van der Waals surface area (Å²) in [5.41, 5.74) is 1.90. The second-order valence-corrected chi connectivity index (χ2v) is 5.72. The highest BCUT2D eigenvalue weighted by Crippen LogP contribution is 2.11. The number of unbranched alkanes of at least 4 members (excludes halogenated alkanes) is 2. The number of amides is 3. The van der Waals surface area contributed by atoms with Crippen molar-refractivity contribution in [2.24, 2.45) is 0 Å². The molecule has 0 aliphatic carbocycles. The monoisotopic (exact) mass is 326 g/mol. The zero-order chi connectivity index (χ0) is 17.4. The van der Waals surface area contributed by atoms with Gasteiger partial charge in [0.1, 0.15) is 0 Å². The van der Waals surface area contributed by atoms with Crippen LogP contribution in [0.2, 0.25) is 0 Å². The molecule has 0 saturated heterocycles. The maximum Gasteiger partial charge on any atom is 0.253 e. The van der Waals surface area contributed by atoms with Gasteiger partial charge in [-0.15, -0.1) is 0 Å². The molecular weight excluding hydrogens is 304 g/mol. The van der Waals surface area contributed by atoms with Crippen LogP contribution in [-0.2, 0) is 14.4 Å². The second kappa shape index (κ2) is 8.82. The van der Waals surface area contributed by atoms with Crippen molar-refractivity contribution in [3.05, 3.63) is 54.6 Å². The van der Waals surface area contributed by atoms with Gasteiger partial charge in [0.25, 0.3) is 11.8 Å². The summed E-state index contributed by atoms with van der Waals surface area (Å²) in [7, 11) is 0. The molecule has 5 heteroatoms. The lowest BCUT2D eigenvalue weighted by Crippen LogP contribution is -2.30. The predicted octanol–water partition coefficient (Wildman–Crippen LogP) is 2.30. The van der Waals surface area contributed by atoms with Gasteiger partial charge in [-0.2, -0.15) is 0 Å². The minimum atomic E-state index is -0.253. The molecule has 1 N–H and O–H groups in total. The van der Waals surface area contributed by atoms with Gasteiger partial charge in [0.2, 0.25) is 5.91 Å². The minimum Gasteiger partial charge on any atom is -0.352 e. The van der Waals surface area contributed by atoms with Crippen LogP contribution in [0.4, 0.5) is 0 Å². The Labute approximate surface area is 142 Å². The van der Waals surface area contributed by atoms with E-state index in [-0.39, 0.29) is 17.7 Å². The van der Waals surface area contributed by atoms with Crippen LogP contribution < -0.4 is 5.32 Å². The van der Waals surface area contributed by atoms with Crippen LogP contribution >= 0.6 is 0 Å². The van der Waals surface area contributed by atoms with Gasteiger partial charge < -0.3 is 5.32 Å². The Morgan fingerprint density at radius 3 is 2.33 bits per heavy atom. The van der Waals surface area contributed by atoms with E-state index < -0.39 is 0 Å². The standard InChI is InChI=1S/C19H22N2O3/c1-15(16-8-4-2-5-9-16)14-20-17(22)10-6-3-7-13-21-18(23)11-12-19(21)24/h2,4-5,8-9,11-12H,1,3,6-7,10,13-14H2,(H,20,22). The number of rotatable bonds is 9. The molecule has 1 heterocycles. The highest BCUT2D eigenvalue weighted by atomic mass is 16.2. The van der Waals surface area contributed by atoms with E-state index in [2.05, 4.69) is 11.9 Å². The Hall–Kier alpha value is -2.69. The molecule has 0 spiro atoms. The third-order valence-electron chi connectivity index (χ3n) is 3.87. The fourth-order valence-electron chi connectivity index (χ4n) is 2.45. The van der Waals surface area contributed by atoms with Crippen molar-refractivity contribution in [1.29, 1.82) is 0 Å². The first-order valence-corrected chi connectivity index (χ1v) is 8.11. The van der Waals surface area contributed by atoms with Crippen LogP contribution in [0.1, 0.15) is 31.2 Å². The molecule has 0 fully saturated rings. The maximum absolute atomic E-state index is 11.8. The average molecular weight is 326 g/mol. The van der Waals surface area contributed by atoms with E-state index in [0.717, 1.165) is 24.0 Å². The fraction of sp³-hybridized carbons (Fsp3) is 0.316. The van der Waals surface area contributed by atoms with E-state index in [1.54, 1.807) is 0 Å². The minimum absolute atomic E-state index is 0.0120. The van der Waals surface area contributed by atoms with Gasteiger partial charge in [0.15, 0.2) is 0 Å². The molecule has 3 amide bonds. The smallest absolute Gasteiger partial charge is 0.253 e. The fourth-order valence-corrected chi connectivity index (χ4v) is 2.45. The molecule has 0 saturated carbocycles. The van der Waals surface area contributed by atoms with Crippen LogP contribution in [0.5, 0.6) is 0 Å². The molecule has 1 aliphatic heterocycles. The number of imide groups is 1. The van der Waals surface area contributed by atoms with Crippen molar-refractivity contribution < 1.29 is 14.4 Å². The summed E-state index contributed by atoms with van der Waals surface area (Å²) in [4.78, 5) is 35.8. The lowest BCUT2D eigenvalue weighted by Gasteiger charge is -2.13. The topological polar surface area (TPSA) is 66.5 Å².